The van der Waals surface area contributed by atoms with Crippen LogP contribution >= 0.6 is 11.3 Å². The fourth-order valence-electron chi connectivity index (χ4n) is 7.17. The third-order valence-corrected chi connectivity index (χ3v) is 10.9. The number of thiophene rings is 1. The van der Waals surface area contributed by atoms with Crippen LogP contribution in [0.15, 0.2) is 188 Å². The zero-order valence-corrected chi connectivity index (χ0v) is 29.6. The van der Waals surface area contributed by atoms with Crippen LogP contribution in [0.1, 0.15) is 15.1 Å². The Morgan fingerprint density at radius 2 is 1.00 bits per heavy atom. The predicted molar refractivity (Wildman–Crippen MR) is 232 cm³/mol. The molecule has 0 atom stereocenters. The molecule has 2 aromatic heterocycles. The van der Waals surface area contributed by atoms with Gasteiger partial charge in [-0.25, -0.2) is 15.0 Å². The Kier molecular flexibility index (Phi) is 5.20. The van der Waals surface area contributed by atoms with E-state index in [4.69, 9.17) is 24.5 Å². The first-order chi connectivity index (χ1) is 31.8. The van der Waals surface area contributed by atoms with Crippen molar-refractivity contribution in [2.75, 3.05) is 0 Å². The number of rotatable bonds is 5. The molecule has 3 nitrogen and oxygen atoms in total. The quantitative estimate of drug-likeness (QED) is 0.166. The number of hydrogen-bond donors (Lipinski definition) is 0. The number of fused-ring (bicyclic) bond motifs is 8. The van der Waals surface area contributed by atoms with E-state index in [1.54, 1.807) is 0 Å². The minimum Gasteiger partial charge on any atom is -0.208 e. The maximum Gasteiger partial charge on any atom is 0.164 e. The van der Waals surface area contributed by atoms with Gasteiger partial charge in [0.2, 0.25) is 0 Å². The molecular weight excluding hydrogens is 687 g/mol. The highest BCUT2D eigenvalue weighted by atomic mass is 32.1. The van der Waals surface area contributed by atoms with Gasteiger partial charge in [-0.1, -0.05) is 158 Å². The van der Waals surface area contributed by atoms with E-state index in [1.165, 1.54) is 0 Å². The largest absolute Gasteiger partial charge is 0.208 e. The zero-order valence-electron chi connectivity index (χ0n) is 39.8. The second-order valence-corrected chi connectivity index (χ2v) is 14.2. The molecule has 0 saturated carbocycles. The zero-order chi connectivity index (χ0) is 45.9. The van der Waals surface area contributed by atoms with Gasteiger partial charge in [-0.2, -0.15) is 0 Å². The molecule has 2 heterocycles. The van der Waals surface area contributed by atoms with Crippen molar-refractivity contribution >= 4 is 63.8 Å². The van der Waals surface area contributed by atoms with E-state index in [2.05, 4.69) is 36.4 Å². The minimum absolute atomic E-state index is 0.000127. The first-order valence-corrected chi connectivity index (χ1v) is 18.4. The highest BCUT2D eigenvalue weighted by molar-refractivity contribution is 7.25. The van der Waals surface area contributed by atoms with Gasteiger partial charge in [0.15, 0.2) is 17.5 Å². The summed E-state index contributed by atoms with van der Waals surface area (Å²) in [6.45, 7) is 0. The van der Waals surface area contributed by atoms with Gasteiger partial charge in [-0.05, 0) is 84.8 Å². The summed E-state index contributed by atoms with van der Waals surface area (Å²) >= 11 is 0.913. The summed E-state index contributed by atoms with van der Waals surface area (Å²) in [6, 6.07) is 34.5. The van der Waals surface area contributed by atoms with Crippen molar-refractivity contribution in [3.05, 3.63) is 188 Å². The third kappa shape index (κ3) is 5.54. The second-order valence-electron chi connectivity index (χ2n) is 13.1. The van der Waals surface area contributed by atoms with E-state index >= 15 is 0 Å². The monoisotopic (exact) mass is 728 g/mol. The normalized spacial score (nSPS) is 14.4. The fraction of sp³-hybridized carbons (Fsp3) is 0. The van der Waals surface area contributed by atoms with Gasteiger partial charge >= 0.3 is 0 Å². The molecule has 0 amide bonds. The lowest BCUT2D eigenvalue weighted by Gasteiger charge is -2.11. The van der Waals surface area contributed by atoms with Crippen molar-refractivity contribution in [1.29, 1.82) is 0 Å². The van der Waals surface area contributed by atoms with Gasteiger partial charge in [-0.3, -0.25) is 0 Å². The summed E-state index contributed by atoms with van der Waals surface area (Å²) in [5.41, 5.74) is 2.33. The number of benzene rings is 9. The first-order valence-electron chi connectivity index (χ1n) is 23.1. The highest BCUT2D eigenvalue weighted by Crippen LogP contribution is 2.39. The van der Waals surface area contributed by atoms with Crippen LogP contribution in [0.25, 0.3) is 109 Å². The molecule has 11 aromatic rings. The molecule has 0 aliphatic rings. The van der Waals surface area contributed by atoms with Crippen molar-refractivity contribution < 1.29 is 15.1 Å². The Bertz CT molecular complexity index is 3880. The molecule has 0 spiro atoms. The Balaban J connectivity index is 1.16. The van der Waals surface area contributed by atoms with Crippen LogP contribution < -0.4 is 0 Å². The van der Waals surface area contributed by atoms with E-state index in [-0.39, 0.29) is 60.9 Å². The summed E-state index contributed by atoms with van der Waals surface area (Å²) in [4.78, 5) is 14.9. The SMILES string of the molecule is [2H]c1c([2H])c([2H])c(-c2c([2H])c([2H])c3sc4c([2H])c(-c5nc(-c6cccc(-c7ccccc7)c6)nc(-c6ccc7ccc8c9ccccc9ccc8c7c6)n5)c([2H])c([2H])c4c3c2[2H])c([2H])c1[2H]. The fourth-order valence-corrected chi connectivity index (χ4v) is 8.14. The summed E-state index contributed by atoms with van der Waals surface area (Å²) in [7, 11) is 0. The molecule has 0 aliphatic heterocycles. The molecule has 0 aliphatic carbocycles. The Morgan fingerprint density at radius 1 is 0.345 bits per heavy atom. The van der Waals surface area contributed by atoms with Crippen LogP contribution in [0.3, 0.4) is 0 Å². The standard InChI is InChI=1S/C51H31N3S/c1-3-10-32(11-4-1)36-15-9-16-38(28-36)49-52-50(39-19-18-35-21-24-42-41-17-8-7-14-34(41)20-25-43(42)45(35)30-39)54-51(53-49)40-22-26-44-46-29-37(33-12-5-2-6-13-33)23-27-47(46)55-48(44)31-40/h1-31H/i2D,5D,6D,12D,13D,22D,23D,26D,27D,29D,31D. The molecule has 0 unspecified atom stereocenters. The lowest BCUT2D eigenvalue weighted by Crippen LogP contribution is -2.00. The van der Waals surface area contributed by atoms with Gasteiger partial charge in [0.05, 0.1) is 15.1 Å². The molecule has 0 bridgehead atoms. The minimum atomic E-state index is -0.659. The Morgan fingerprint density at radius 3 is 1.84 bits per heavy atom. The van der Waals surface area contributed by atoms with Crippen LogP contribution in [0.5, 0.6) is 0 Å². The summed E-state index contributed by atoms with van der Waals surface area (Å²) in [6.07, 6.45) is 0. The molecule has 0 radical (unpaired) electrons. The molecular formula is C51H31N3S. The van der Waals surface area contributed by atoms with Gasteiger partial charge < -0.3 is 0 Å². The maximum atomic E-state index is 9.68. The summed E-state index contributed by atoms with van der Waals surface area (Å²) in [5.74, 6) is 0.498. The van der Waals surface area contributed by atoms with Crippen LogP contribution in [0.4, 0.5) is 0 Å². The van der Waals surface area contributed by atoms with Crippen LogP contribution in [0, 0.1) is 0 Å². The van der Waals surface area contributed by atoms with Gasteiger partial charge in [0.1, 0.15) is 0 Å². The van der Waals surface area contributed by atoms with E-state index in [0.29, 0.717) is 11.1 Å². The number of nitrogens with zero attached hydrogens (tertiary/aromatic N) is 3. The molecule has 11 rings (SSSR count). The third-order valence-electron chi connectivity index (χ3n) is 9.85. The Labute approximate surface area is 337 Å². The van der Waals surface area contributed by atoms with Crippen molar-refractivity contribution in [3.8, 4) is 56.4 Å². The van der Waals surface area contributed by atoms with Crippen molar-refractivity contribution in [3.63, 3.8) is 0 Å². The average molecular weight is 729 g/mol. The smallest absolute Gasteiger partial charge is 0.164 e. The van der Waals surface area contributed by atoms with Gasteiger partial charge in [-0.15, -0.1) is 11.3 Å². The summed E-state index contributed by atoms with van der Waals surface area (Å²) in [5, 5.41) is 6.34. The van der Waals surface area contributed by atoms with Gasteiger partial charge in [0, 0.05) is 36.9 Å². The number of hydrogen-bond acceptors (Lipinski definition) is 4. The average Bonchev–Trinajstić information content (AvgIpc) is 3.77. The van der Waals surface area contributed by atoms with Crippen LogP contribution in [0.2, 0.25) is 0 Å². The second kappa shape index (κ2) is 12.8. The summed E-state index contributed by atoms with van der Waals surface area (Å²) < 4.78 is 98.0. The van der Waals surface area contributed by atoms with E-state index in [1.807, 2.05) is 84.9 Å². The molecule has 0 saturated heterocycles. The lowest BCUT2D eigenvalue weighted by atomic mass is 9.96. The molecule has 55 heavy (non-hydrogen) atoms. The van der Waals surface area contributed by atoms with E-state index < -0.39 is 59.9 Å². The van der Waals surface area contributed by atoms with Gasteiger partial charge in [0.25, 0.3) is 0 Å². The van der Waals surface area contributed by atoms with E-state index in [0.717, 1.165) is 54.8 Å². The molecule has 9 aromatic carbocycles. The lowest BCUT2D eigenvalue weighted by molar-refractivity contribution is 1.08. The molecule has 0 fully saturated rings. The van der Waals surface area contributed by atoms with Crippen molar-refractivity contribution in [1.82, 2.24) is 15.0 Å². The van der Waals surface area contributed by atoms with Crippen molar-refractivity contribution in [2.45, 2.75) is 0 Å². The van der Waals surface area contributed by atoms with Crippen molar-refractivity contribution in [2.24, 2.45) is 0 Å². The molecule has 0 N–H and O–H groups in total. The predicted octanol–water partition coefficient (Wildman–Crippen LogP) is 14.0. The Hall–Kier alpha value is -7.01. The first kappa shape index (κ1) is 22.3. The molecule has 256 valence electrons. The van der Waals surface area contributed by atoms with Crippen LogP contribution in [-0.4, -0.2) is 15.0 Å². The van der Waals surface area contributed by atoms with Crippen LogP contribution in [-0.2, 0) is 0 Å². The highest BCUT2D eigenvalue weighted by Gasteiger charge is 2.16. The maximum absolute atomic E-state index is 9.68. The van der Waals surface area contributed by atoms with E-state index in [9.17, 15) is 5.48 Å². The topological polar surface area (TPSA) is 38.7 Å². The molecule has 4 heteroatoms. The number of aromatic nitrogens is 3.